The molecule has 0 bridgehead atoms. The number of nitrogens with one attached hydrogen (secondary N) is 1. The summed E-state index contributed by atoms with van der Waals surface area (Å²) in [5, 5.41) is 0. The number of aromatic nitrogens is 2. The Morgan fingerprint density at radius 1 is 0.962 bits per heavy atom. The number of hydrogen-bond donors (Lipinski definition) is 1. The molecule has 4 heteroatoms. The summed E-state index contributed by atoms with van der Waals surface area (Å²) in [6, 6.07) is 15.7. The molecule has 0 atom stereocenters. The summed E-state index contributed by atoms with van der Waals surface area (Å²) >= 11 is 0. The van der Waals surface area contributed by atoms with Crippen molar-refractivity contribution < 1.29 is 9.59 Å². The van der Waals surface area contributed by atoms with E-state index in [1.165, 1.54) is 11.6 Å². The molecule has 2 aromatic carbocycles. The minimum Gasteiger partial charge on any atom is -0.342 e. The summed E-state index contributed by atoms with van der Waals surface area (Å²) in [5.74, 6) is 0.331. The molecule has 0 unspecified atom stereocenters. The Bertz CT molecular complexity index is 906. The Morgan fingerprint density at radius 3 is 2.15 bits per heavy atom. The Hall–Kier alpha value is -3.27. The fourth-order valence-corrected chi connectivity index (χ4v) is 2.62. The van der Waals surface area contributed by atoms with Crippen LogP contribution in [0.15, 0.2) is 67.0 Å². The first kappa shape index (κ1) is 17.5. The van der Waals surface area contributed by atoms with E-state index >= 15 is 0 Å². The third-order valence-electron chi connectivity index (χ3n) is 4.06. The second kappa shape index (κ2) is 8.21. The van der Waals surface area contributed by atoms with E-state index in [0.29, 0.717) is 18.7 Å². The number of hydrogen-bond acceptors (Lipinski definition) is 3. The molecule has 0 aliphatic heterocycles. The quantitative estimate of drug-likeness (QED) is 0.521. The summed E-state index contributed by atoms with van der Waals surface area (Å²) in [4.78, 5) is 30.8. The van der Waals surface area contributed by atoms with Crippen LogP contribution in [0.2, 0.25) is 0 Å². The van der Waals surface area contributed by atoms with Crippen LogP contribution in [0.25, 0.3) is 6.08 Å². The first-order valence-corrected chi connectivity index (χ1v) is 8.48. The Morgan fingerprint density at radius 2 is 1.58 bits per heavy atom. The van der Waals surface area contributed by atoms with Gasteiger partial charge in [0.2, 0.25) is 5.78 Å². The van der Waals surface area contributed by atoms with Crippen molar-refractivity contribution in [2.75, 3.05) is 0 Å². The molecule has 130 valence electrons. The highest BCUT2D eigenvalue weighted by Crippen LogP contribution is 2.10. The molecule has 4 nitrogen and oxygen atoms in total. The number of nitrogens with zero attached hydrogens (tertiary/aromatic N) is 1. The third kappa shape index (κ3) is 4.86. The molecule has 0 saturated heterocycles. The molecule has 26 heavy (non-hydrogen) atoms. The van der Waals surface area contributed by atoms with Crippen LogP contribution in [-0.2, 0) is 17.6 Å². The van der Waals surface area contributed by atoms with E-state index in [9.17, 15) is 9.59 Å². The van der Waals surface area contributed by atoms with Crippen LogP contribution >= 0.6 is 0 Å². The number of imidazole rings is 1. The number of rotatable bonds is 7. The zero-order valence-corrected chi connectivity index (χ0v) is 14.6. The van der Waals surface area contributed by atoms with Crippen LogP contribution < -0.4 is 0 Å². The highest BCUT2D eigenvalue weighted by Gasteiger charge is 2.06. The number of carbonyl (C=O) groups excluding carboxylic acids is 2. The van der Waals surface area contributed by atoms with Gasteiger partial charge < -0.3 is 4.98 Å². The van der Waals surface area contributed by atoms with Gasteiger partial charge in [0, 0.05) is 25.2 Å². The number of Topliss-reactive ketones (excluding diaryl/α,β-unsaturated/α-hetero) is 1. The molecule has 1 aromatic heterocycles. The number of aryl methyl sites for hydroxylation is 1. The van der Waals surface area contributed by atoms with Gasteiger partial charge in [0.25, 0.3) is 0 Å². The normalized spacial score (nSPS) is 11.0. The largest absolute Gasteiger partial charge is 0.342 e. The summed E-state index contributed by atoms with van der Waals surface area (Å²) < 4.78 is 0. The van der Waals surface area contributed by atoms with Crippen molar-refractivity contribution >= 4 is 17.6 Å². The summed E-state index contributed by atoms with van der Waals surface area (Å²) in [6.45, 7) is 2.03. The van der Waals surface area contributed by atoms with Gasteiger partial charge in [-0.1, -0.05) is 60.2 Å². The van der Waals surface area contributed by atoms with E-state index in [0.717, 1.165) is 16.7 Å². The van der Waals surface area contributed by atoms with E-state index in [4.69, 9.17) is 0 Å². The molecule has 3 aromatic rings. The van der Waals surface area contributed by atoms with Gasteiger partial charge >= 0.3 is 0 Å². The SMILES string of the molecule is Cc1ccc(CC(=O)Cc2ccc(/C=C/C(=O)c3ncc[nH]3)cc2)cc1. The van der Waals surface area contributed by atoms with E-state index < -0.39 is 0 Å². The number of aromatic amines is 1. The van der Waals surface area contributed by atoms with Crippen molar-refractivity contribution in [2.24, 2.45) is 0 Å². The second-order valence-corrected chi connectivity index (χ2v) is 6.25. The topological polar surface area (TPSA) is 62.8 Å². The lowest BCUT2D eigenvalue weighted by Gasteiger charge is -2.03. The molecular weight excluding hydrogens is 324 g/mol. The van der Waals surface area contributed by atoms with Gasteiger partial charge in [-0.3, -0.25) is 9.59 Å². The zero-order chi connectivity index (χ0) is 18.4. The van der Waals surface area contributed by atoms with Crippen molar-refractivity contribution in [3.63, 3.8) is 0 Å². The average Bonchev–Trinajstić information content (AvgIpc) is 3.17. The Balaban J connectivity index is 1.56. The van der Waals surface area contributed by atoms with Gasteiger partial charge in [0.15, 0.2) is 5.82 Å². The van der Waals surface area contributed by atoms with E-state index in [1.807, 2.05) is 55.5 Å². The molecule has 0 radical (unpaired) electrons. The summed E-state index contributed by atoms with van der Waals surface area (Å²) in [7, 11) is 0. The lowest BCUT2D eigenvalue weighted by Crippen LogP contribution is -2.06. The van der Waals surface area contributed by atoms with Gasteiger partial charge in [-0.15, -0.1) is 0 Å². The average molecular weight is 344 g/mol. The van der Waals surface area contributed by atoms with E-state index in [2.05, 4.69) is 9.97 Å². The second-order valence-electron chi connectivity index (χ2n) is 6.25. The van der Waals surface area contributed by atoms with Gasteiger partial charge in [-0.25, -0.2) is 4.98 Å². The van der Waals surface area contributed by atoms with Gasteiger partial charge in [-0.05, 0) is 29.7 Å². The first-order valence-electron chi connectivity index (χ1n) is 8.48. The molecule has 0 fully saturated rings. The standard InChI is InChI=1S/C22H20N2O2/c1-16-2-4-18(5-3-16)14-20(25)15-19-8-6-17(7-9-19)10-11-21(26)22-23-12-13-24-22/h2-13H,14-15H2,1H3,(H,23,24)/b11-10+. The monoisotopic (exact) mass is 344 g/mol. The maximum Gasteiger partial charge on any atom is 0.221 e. The van der Waals surface area contributed by atoms with Crippen molar-refractivity contribution in [1.82, 2.24) is 9.97 Å². The minimum atomic E-state index is -0.174. The number of ketones is 2. The van der Waals surface area contributed by atoms with Crippen LogP contribution in [0.5, 0.6) is 0 Å². The van der Waals surface area contributed by atoms with Gasteiger partial charge in [-0.2, -0.15) is 0 Å². The highest BCUT2D eigenvalue weighted by molar-refractivity contribution is 6.04. The van der Waals surface area contributed by atoms with Crippen molar-refractivity contribution in [3.05, 3.63) is 95.1 Å². The van der Waals surface area contributed by atoms with Crippen LogP contribution in [0, 0.1) is 6.92 Å². The lowest BCUT2D eigenvalue weighted by molar-refractivity contribution is -0.117. The molecule has 0 spiro atoms. The van der Waals surface area contributed by atoms with Crippen molar-refractivity contribution in [2.45, 2.75) is 19.8 Å². The predicted octanol–water partition coefficient (Wildman–Crippen LogP) is 3.97. The lowest BCUT2D eigenvalue weighted by atomic mass is 10.0. The number of H-pyrrole nitrogens is 1. The Kier molecular flexibility index (Phi) is 5.54. The molecule has 0 aliphatic carbocycles. The third-order valence-corrected chi connectivity index (χ3v) is 4.06. The molecule has 3 rings (SSSR count). The number of allylic oxidation sites excluding steroid dienone is 1. The molecule has 0 saturated carbocycles. The van der Waals surface area contributed by atoms with Crippen LogP contribution in [0.1, 0.15) is 32.9 Å². The van der Waals surface area contributed by atoms with Crippen LogP contribution in [0.4, 0.5) is 0 Å². The Labute approximate surface area is 152 Å². The van der Waals surface area contributed by atoms with Crippen LogP contribution in [0.3, 0.4) is 0 Å². The smallest absolute Gasteiger partial charge is 0.221 e. The fourth-order valence-electron chi connectivity index (χ4n) is 2.62. The molecule has 1 heterocycles. The van der Waals surface area contributed by atoms with Crippen molar-refractivity contribution in [3.8, 4) is 0 Å². The highest BCUT2D eigenvalue weighted by atomic mass is 16.1. The van der Waals surface area contributed by atoms with E-state index in [-0.39, 0.29) is 11.6 Å². The maximum atomic E-state index is 12.2. The molecule has 0 amide bonds. The van der Waals surface area contributed by atoms with Gasteiger partial charge in [0.05, 0.1) is 0 Å². The minimum absolute atomic E-state index is 0.174. The first-order chi connectivity index (χ1) is 12.6. The maximum absolute atomic E-state index is 12.2. The molecular formula is C22H20N2O2. The summed E-state index contributed by atoms with van der Waals surface area (Å²) in [5.41, 5.74) is 4.10. The zero-order valence-electron chi connectivity index (χ0n) is 14.6. The predicted molar refractivity (Wildman–Crippen MR) is 102 cm³/mol. The molecule has 0 aliphatic rings. The van der Waals surface area contributed by atoms with E-state index in [1.54, 1.807) is 18.5 Å². The number of benzene rings is 2. The van der Waals surface area contributed by atoms with Gasteiger partial charge in [0.1, 0.15) is 5.78 Å². The number of carbonyl (C=O) groups is 2. The summed E-state index contributed by atoms with van der Waals surface area (Å²) in [6.07, 6.45) is 7.23. The van der Waals surface area contributed by atoms with Crippen LogP contribution in [-0.4, -0.2) is 21.5 Å². The fraction of sp³-hybridized carbons (Fsp3) is 0.136. The van der Waals surface area contributed by atoms with Crippen molar-refractivity contribution in [1.29, 1.82) is 0 Å². The molecule has 1 N–H and O–H groups in total.